The van der Waals surface area contributed by atoms with Gasteiger partial charge in [-0.25, -0.2) is 8.42 Å². The van der Waals surface area contributed by atoms with Gasteiger partial charge in [0, 0.05) is 4.47 Å². The quantitative estimate of drug-likeness (QED) is 0.790. The Morgan fingerprint density at radius 2 is 2.17 bits per heavy atom. The lowest BCUT2D eigenvalue weighted by Crippen LogP contribution is -2.35. The van der Waals surface area contributed by atoms with Crippen LogP contribution < -0.4 is 15.2 Å². The summed E-state index contributed by atoms with van der Waals surface area (Å²) in [5.41, 5.74) is 5.68. The highest BCUT2D eigenvalue weighted by Gasteiger charge is 2.24. The molecule has 0 heterocycles. The minimum Gasteiger partial charge on any atom is -0.495 e. The highest BCUT2D eigenvalue weighted by atomic mass is 79.9. The smallest absolute Gasteiger partial charge is 0.242 e. The third kappa shape index (κ3) is 3.56. The fraction of sp³-hybridized carbons (Fsp3) is 0.300. The van der Waals surface area contributed by atoms with Crippen LogP contribution in [0.15, 0.2) is 22.7 Å². The van der Waals surface area contributed by atoms with E-state index in [-0.39, 0.29) is 4.99 Å². The summed E-state index contributed by atoms with van der Waals surface area (Å²) in [6.45, 7) is 1.43. The molecule has 3 N–H and O–H groups in total. The summed E-state index contributed by atoms with van der Waals surface area (Å²) in [5.74, 6) is 0.414. The first kappa shape index (κ1) is 15.2. The van der Waals surface area contributed by atoms with Gasteiger partial charge in [0.05, 0.1) is 17.8 Å². The number of halogens is 1. The molecule has 18 heavy (non-hydrogen) atoms. The van der Waals surface area contributed by atoms with E-state index in [1.165, 1.54) is 14.0 Å². The Labute approximate surface area is 120 Å². The van der Waals surface area contributed by atoms with Crippen molar-refractivity contribution >= 4 is 48.8 Å². The van der Waals surface area contributed by atoms with E-state index >= 15 is 0 Å². The van der Waals surface area contributed by atoms with Crippen molar-refractivity contribution in [1.29, 1.82) is 0 Å². The first-order valence-electron chi connectivity index (χ1n) is 4.92. The highest BCUT2D eigenvalue weighted by molar-refractivity contribution is 9.10. The minimum atomic E-state index is -3.68. The average molecular weight is 353 g/mol. The summed E-state index contributed by atoms with van der Waals surface area (Å²) < 4.78 is 32.2. The highest BCUT2D eigenvalue weighted by Crippen LogP contribution is 2.29. The maximum absolute atomic E-state index is 12.0. The van der Waals surface area contributed by atoms with Gasteiger partial charge in [-0.05, 0) is 25.1 Å². The Morgan fingerprint density at radius 3 is 2.67 bits per heavy atom. The van der Waals surface area contributed by atoms with Gasteiger partial charge >= 0.3 is 0 Å². The van der Waals surface area contributed by atoms with Gasteiger partial charge in [-0.15, -0.1) is 0 Å². The maximum atomic E-state index is 12.0. The molecule has 0 radical (unpaired) electrons. The molecule has 0 saturated heterocycles. The van der Waals surface area contributed by atoms with Crippen molar-refractivity contribution in [3.8, 4) is 5.75 Å². The van der Waals surface area contributed by atoms with Crippen molar-refractivity contribution in [3.63, 3.8) is 0 Å². The van der Waals surface area contributed by atoms with Crippen LogP contribution in [-0.4, -0.2) is 25.8 Å². The maximum Gasteiger partial charge on any atom is 0.242 e. The second kappa shape index (κ2) is 5.85. The largest absolute Gasteiger partial charge is 0.495 e. The van der Waals surface area contributed by atoms with E-state index in [0.717, 1.165) is 4.47 Å². The molecular formula is C10H13BrN2O3S2. The fourth-order valence-corrected chi connectivity index (χ4v) is 2.84. The third-order valence-electron chi connectivity index (χ3n) is 2.28. The molecule has 0 aliphatic rings. The van der Waals surface area contributed by atoms with Crippen LogP contribution in [0.5, 0.6) is 5.75 Å². The molecule has 5 nitrogen and oxygen atoms in total. The number of hydrogen-bond donors (Lipinski definition) is 2. The number of benzene rings is 1. The lowest BCUT2D eigenvalue weighted by atomic mass is 10.3. The van der Waals surface area contributed by atoms with Gasteiger partial charge in [0.1, 0.15) is 11.0 Å². The molecule has 0 bridgehead atoms. The molecule has 1 unspecified atom stereocenters. The van der Waals surface area contributed by atoms with E-state index in [4.69, 9.17) is 10.5 Å². The molecule has 1 atom stereocenters. The molecule has 100 valence electrons. The zero-order valence-electron chi connectivity index (χ0n) is 9.81. The summed E-state index contributed by atoms with van der Waals surface area (Å²) in [6.07, 6.45) is 0. The second-order valence-electron chi connectivity index (χ2n) is 3.54. The van der Waals surface area contributed by atoms with Gasteiger partial charge < -0.3 is 10.5 Å². The van der Waals surface area contributed by atoms with Crippen LogP contribution in [0.2, 0.25) is 0 Å². The van der Waals surface area contributed by atoms with Crippen molar-refractivity contribution in [2.24, 2.45) is 5.73 Å². The summed E-state index contributed by atoms with van der Waals surface area (Å²) in [5, 5.41) is -0.962. The molecule has 1 rings (SSSR count). The van der Waals surface area contributed by atoms with Crippen LogP contribution in [0.1, 0.15) is 6.92 Å². The van der Waals surface area contributed by atoms with E-state index < -0.39 is 15.3 Å². The average Bonchev–Trinajstić information content (AvgIpc) is 2.27. The Morgan fingerprint density at radius 1 is 1.56 bits per heavy atom. The number of nitrogens with two attached hydrogens (primary N) is 1. The van der Waals surface area contributed by atoms with Gasteiger partial charge in [0.15, 0.2) is 0 Å². The van der Waals surface area contributed by atoms with Crippen LogP contribution >= 0.6 is 28.1 Å². The topological polar surface area (TPSA) is 81.4 Å². The summed E-state index contributed by atoms with van der Waals surface area (Å²) >= 11 is 7.95. The van der Waals surface area contributed by atoms with Gasteiger partial charge in [-0.2, -0.15) is 0 Å². The fourth-order valence-electron chi connectivity index (χ4n) is 1.15. The van der Waals surface area contributed by atoms with Crippen molar-refractivity contribution in [3.05, 3.63) is 22.7 Å². The number of anilines is 1. The number of nitrogens with one attached hydrogen (secondary N) is 1. The first-order chi connectivity index (χ1) is 8.27. The standard InChI is InChI=1S/C10H13BrN2O3S2/c1-6(10(12)17)18(14,15)13-8-5-7(11)3-4-9(8)16-2/h3-6,13H,1-2H3,(H2,12,17). The van der Waals surface area contributed by atoms with Crippen molar-refractivity contribution in [1.82, 2.24) is 0 Å². The molecule has 8 heteroatoms. The van der Waals surface area contributed by atoms with E-state index in [0.29, 0.717) is 11.4 Å². The molecule has 0 aromatic heterocycles. The Kier molecular flexibility index (Phi) is 4.94. The van der Waals surface area contributed by atoms with E-state index in [1.54, 1.807) is 18.2 Å². The molecule has 0 aliphatic heterocycles. The Hall–Kier alpha value is -0.860. The molecule has 1 aromatic carbocycles. The van der Waals surface area contributed by atoms with Crippen LogP contribution in [0.25, 0.3) is 0 Å². The molecular weight excluding hydrogens is 340 g/mol. The van der Waals surface area contributed by atoms with Crippen molar-refractivity contribution in [2.45, 2.75) is 12.2 Å². The summed E-state index contributed by atoms with van der Waals surface area (Å²) in [7, 11) is -2.22. The lowest BCUT2D eigenvalue weighted by Gasteiger charge is -2.15. The van der Waals surface area contributed by atoms with Gasteiger partial charge in [0.2, 0.25) is 10.0 Å². The predicted octanol–water partition coefficient (Wildman–Crippen LogP) is 1.87. The molecule has 0 spiro atoms. The Balaban J connectivity index is 3.11. The SMILES string of the molecule is COc1ccc(Br)cc1NS(=O)(=O)C(C)C(N)=S. The second-order valence-corrected chi connectivity index (χ2v) is 6.92. The number of ether oxygens (including phenoxy) is 1. The zero-order chi connectivity index (χ0) is 13.9. The minimum absolute atomic E-state index is 0.0866. The van der Waals surface area contributed by atoms with E-state index in [9.17, 15) is 8.42 Å². The van der Waals surface area contributed by atoms with Crippen LogP contribution in [0.4, 0.5) is 5.69 Å². The number of rotatable bonds is 5. The third-order valence-corrected chi connectivity index (χ3v) is 4.97. The van der Waals surface area contributed by atoms with Gasteiger partial charge in [-0.1, -0.05) is 28.1 Å². The summed E-state index contributed by atoms with van der Waals surface area (Å²) in [4.78, 5) is -0.0866. The molecule has 0 saturated carbocycles. The first-order valence-corrected chi connectivity index (χ1v) is 7.67. The predicted molar refractivity (Wildman–Crippen MR) is 79.5 cm³/mol. The lowest BCUT2D eigenvalue weighted by molar-refractivity contribution is 0.417. The van der Waals surface area contributed by atoms with Gasteiger partial charge in [-0.3, -0.25) is 4.72 Å². The van der Waals surface area contributed by atoms with Crippen molar-refractivity contribution < 1.29 is 13.2 Å². The molecule has 0 amide bonds. The number of hydrogen-bond acceptors (Lipinski definition) is 4. The zero-order valence-corrected chi connectivity index (χ0v) is 13.0. The van der Waals surface area contributed by atoms with E-state index in [1.807, 2.05) is 0 Å². The molecule has 0 fully saturated rings. The van der Waals surface area contributed by atoms with Crippen LogP contribution in [0.3, 0.4) is 0 Å². The normalized spacial score (nSPS) is 12.8. The molecule has 1 aromatic rings. The molecule has 0 aliphatic carbocycles. The van der Waals surface area contributed by atoms with Crippen LogP contribution in [0, 0.1) is 0 Å². The Bertz CT molecular complexity index is 560. The van der Waals surface area contributed by atoms with Crippen molar-refractivity contribution in [2.75, 3.05) is 11.8 Å². The summed E-state index contributed by atoms with van der Waals surface area (Å²) in [6, 6.07) is 4.99. The van der Waals surface area contributed by atoms with E-state index in [2.05, 4.69) is 32.9 Å². The van der Waals surface area contributed by atoms with Gasteiger partial charge in [0.25, 0.3) is 0 Å². The number of thiocarbonyl (C=S) groups is 1. The van der Waals surface area contributed by atoms with Crippen LogP contribution in [-0.2, 0) is 10.0 Å². The monoisotopic (exact) mass is 352 g/mol. The number of sulfonamides is 1. The number of methoxy groups -OCH3 is 1.